The van der Waals surface area contributed by atoms with E-state index in [1.807, 2.05) is 0 Å². The van der Waals surface area contributed by atoms with Crippen LogP contribution in [0.1, 0.15) is 25.7 Å². The summed E-state index contributed by atoms with van der Waals surface area (Å²) in [7, 11) is 0. The molecule has 0 unspecified atom stereocenters. The second-order valence-electron chi connectivity index (χ2n) is 3.18. The fourth-order valence-electron chi connectivity index (χ4n) is 1.57. The molecule has 1 spiro atoms. The number of hydrogen-bond donors (Lipinski definition) is 0. The van der Waals surface area contributed by atoms with Crippen LogP contribution in [0.15, 0.2) is 0 Å². The Hall–Kier alpha value is -0.450. The Kier molecular flexibility index (Phi) is 2.12. The molecule has 0 N–H and O–H groups in total. The molecule has 1 heterocycles. The predicted molar refractivity (Wildman–Crippen MR) is 39.2 cm³/mol. The molecule has 1 saturated carbocycles. The lowest BCUT2D eigenvalue weighted by Gasteiger charge is -2.38. The van der Waals surface area contributed by atoms with Crippen LogP contribution in [0.3, 0.4) is 0 Å². The van der Waals surface area contributed by atoms with E-state index in [-0.39, 0.29) is 13.6 Å². The van der Waals surface area contributed by atoms with Crippen molar-refractivity contribution in [1.82, 2.24) is 0 Å². The molecule has 0 amide bonds. The van der Waals surface area contributed by atoms with Gasteiger partial charge < -0.3 is 14.2 Å². The number of ketones is 1. The number of hydrogen-bond acceptors (Lipinski definition) is 4. The van der Waals surface area contributed by atoms with Crippen LogP contribution in [0.2, 0.25) is 0 Å². The zero-order valence-electron chi connectivity index (χ0n) is 6.88. The Morgan fingerprint density at radius 3 is 2.25 bits per heavy atom. The van der Waals surface area contributed by atoms with Crippen molar-refractivity contribution < 1.29 is 19.0 Å². The minimum Gasteiger partial charge on any atom is -0.329 e. The van der Waals surface area contributed by atoms with E-state index in [1.54, 1.807) is 0 Å². The van der Waals surface area contributed by atoms with Crippen molar-refractivity contribution in [3.05, 3.63) is 0 Å². The molecule has 1 saturated heterocycles. The summed E-state index contributed by atoms with van der Waals surface area (Å²) in [6.45, 7) is 0.572. The first-order valence-corrected chi connectivity index (χ1v) is 4.18. The average molecular weight is 172 g/mol. The molecule has 68 valence electrons. The van der Waals surface area contributed by atoms with Crippen molar-refractivity contribution in [3.8, 4) is 0 Å². The highest BCUT2D eigenvalue weighted by molar-refractivity contribution is 5.79. The number of carbonyl (C=O) groups excluding carboxylic acids is 1. The van der Waals surface area contributed by atoms with Crippen LogP contribution in [0.25, 0.3) is 0 Å². The first-order valence-electron chi connectivity index (χ1n) is 4.18. The van der Waals surface area contributed by atoms with E-state index in [0.29, 0.717) is 31.5 Å². The Labute approximate surface area is 70.8 Å². The minimum absolute atomic E-state index is 0.286. The Morgan fingerprint density at radius 2 is 1.67 bits per heavy atom. The van der Waals surface area contributed by atoms with E-state index >= 15 is 0 Å². The summed E-state index contributed by atoms with van der Waals surface area (Å²) in [5.74, 6) is -0.203. The topological polar surface area (TPSA) is 44.8 Å². The summed E-state index contributed by atoms with van der Waals surface area (Å²) in [6, 6.07) is 0. The van der Waals surface area contributed by atoms with Gasteiger partial charge in [0, 0.05) is 25.7 Å². The molecule has 0 radical (unpaired) electrons. The van der Waals surface area contributed by atoms with E-state index in [0.717, 1.165) is 0 Å². The summed E-state index contributed by atoms with van der Waals surface area (Å²) < 4.78 is 15.6. The van der Waals surface area contributed by atoms with Crippen LogP contribution in [0.4, 0.5) is 0 Å². The maximum Gasteiger partial charge on any atom is 0.174 e. The fourth-order valence-corrected chi connectivity index (χ4v) is 1.57. The normalized spacial score (nSPS) is 29.2. The monoisotopic (exact) mass is 172 g/mol. The van der Waals surface area contributed by atoms with E-state index < -0.39 is 5.79 Å². The summed E-state index contributed by atoms with van der Waals surface area (Å²) >= 11 is 0. The van der Waals surface area contributed by atoms with Gasteiger partial charge in [-0.25, -0.2) is 0 Å². The lowest BCUT2D eigenvalue weighted by atomic mass is 9.93. The lowest BCUT2D eigenvalue weighted by molar-refractivity contribution is -0.365. The van der Waals surface area contributed by atoms with Crippen molar-refractivity contribution in [3.63, 3.8) is 0 Å². The van der Waals surface area contributed by atoms with Gasteiger partial charge in [-0.05, 0) is 0 Å². The van der Waals surface area contributed by atoms with Crippen LogP contribution in [-0.4, -0.2) is 25.2 Å². The molecular weight excluding hydrogens is 160 g/mol. The number of ether oxygens (including phenoxy) is 3. The van der Waals surface area contributed by atoms with Crippen LogP contribution >= 0.6 is 0 Å². The Morgan fingerprint density at radius 1 is 1.08 bits per heavy atom. The molecule has 0 aromatic heterocycles. The van der Waals surface area contributed by atoms with Crippen molar-refractivity contribution >= 4 is 5.78 Å². The van der Waals surface area contributed by atoms with Crippen LogP contribution in [0.5, 0.6) is 0 Å². The molecule has 0 aromatic carbocycles. The van der Waals surface area contributed by atoms with Crippen molar-refractivity contribution in [2.75, 3.05) is 13.6 Å². The van der Waals surface area contributed by atoms with Crippen LogP contribution in [-0.2, 0) is 19.0 Å². The maximum absolute atomic E-state index is 10.9. The van der Waals surface area contributed by atoms with Crippen molar-refractivity contribution in [2.45, 2.75) is 31.5 Å². The third-order valence-corrected chi connectivity index (χ3v) is 2.38. The standard InChI is InChI=1S/C8H12O4/c9-7-1-3-8(4-2-7)11-5-10-6-12-8/h1-6H2. The van der Waals surface area contributed by atoms with Gasteiger partial charge in [-0.2, -0.15) is 0 Å². The molecular formula is C8H12O4. The smallest absolute Gasteiger partial charge is 0.174 e. The summed E-state index contributed by atoms with van der Waals surface area (Å²) in [5.41, 5.74) is 0. The van der Waals surface area contributed by atoms with Gasteiger partial charge in [0.05, 0.1) is 0 Å². The van der Waals surface area contributed by atoms with Gasteiger partial charge >= 0.3 is 0 Å². The number of Topliss-reactive ketones (excluding diaryl/α,β-unsaturated/α-hetero) is 1. The SMILES string of the molecule is O=C1CCC2(CC1)OCOCO2. The quantitative estimate of drug-likeness (QED) is 0.542. The third kappa shape index (κ3) is 1.50. The highest BCUT2D eigenvalue weighted by Crippen LogP contribution is 2.32. The first-order chi connectivity index (χ1) is 5.81. The van der Waals surface area contributed by atoms with Gasteiger partial charge in [0.2, 0.25) is 0 Å². The molecule has 1 aliphatic carbocycles. The zero-order chi connectivity index (χ0) is 8.44. The molecule has 12 heavy (non-hydrogen) atoms. The molecule has 4 heteroatoms. The van der Waals surface area contributed by atoms with Gasteiger partial charge in [0.1, 0.15) is 5.78 Å². The van der Waals surface area contributed by atoms with Crippen molar-refractivity contribution in [2.24, 2.45) is 0 Å². The van der Waals surface area contributed by atoms with E-state index in [1.165, 1.54) is 0 Å². The second-order valence-corrected chi connectivity index (χ2v) is 3.18. The van der Waals surface area contributed by atoms with Gasteiger partial charge in [-0.1, -0.05) is 0 Å². The minimum atomic E-state index is -0.508. The second kappa shape index (κ2) is 3.12. The first kappa shape index (κ1) is 8.16. The molecule has 2 aliphatic rings. The predicted octanol–water partition coefficient (Wildman–Crippen LogP) is 0.804. The van der Waals surface area contributed by atoms with Gasteiger partial charge in [-0.15, -0.1) is 0 Å². The van der Waals surface area contributed by atoms with Crippen LogP contribution < -0.4 is 0 Å². The molecule has 0 bridgehead atoms. The summed E-state index contributed by atoms with van der Waals surface area (Å²) in [6.07, 6.45) is 2.49. The lowest BCUT2D eigenvalue weighted by Crippen LogP contribution is -2.44. The Bertz CT molecular complexity index is 171. The number of rotatable bonds is 0. The number of carbonyl (C=O) groups is 1. The highest BCUT2D eigenvalue weighted by atomic mass is 16.9. The highest BCUT2D eigenvalue weighted by Gasteiger charge is 2.38. The molecule has 0 aromatic rings. The largest absolute Gasteiger partial charge is 0.329 e. The van der Waals surface area contributed by atoms with Crippen LogP contribution in [0, 0.1) is 0 Å². The van der Waals surface area contributed by atoms with Gasteiger partial charge in [0.15, 0.2) is 19.4 Å². The Balaban J connectivity index is 1.96. The van der Waals surface area contributed by atoms with E-state index in [4.69, 9.17) is 14.2 Å². The van der Waals surface area contributed by atoms with Gasteiger partial charge in [0.25, 0.3) is 0 Å². The van der Waals surface area contributed by atoms with E-state index in [9.17, 15) is 4.79 Å². The van der Waals surface area contributed by atoms with Gasteiger partial charge in [-0.3, -0.25) is 4.79 Å². The molecule has 2 rings (SSSR count). The zero-order valence-corrected chi connectivity index (χ0v) is 6.88. The maximum atomic E-state index is 10.9. The average Bonchev–Trinajstić information content (AvgIpc) is 2.13. The molecule has 0 atom stereocenters. The van der Waals surface area contributed by atoms with E-state index in [2.05, 4.69) is 0 Å². The summed E-state index contributed by atoms with van der Waals surface area (Å²) in [5, 5.41) is 0. The molecule has 4 nitrogen and oxygen atoms in total. The summed E-state index contributed by atoms with van der Waals surface area (Å²) in [4.78, 5) is 10.9. The molecule has 2 fully saturated rings. The third-order valence-electron chi connectivity index (χ3n) is 2.38. The fraction of sp³-hybridized carbons (Fsp3) is 0.875. The molecule has 1 aliphatic heterocycles. The van der Waals surface area contributed by atoms with Crippen molar-refractivity contribution in [1.29, 1.82) is 0 Å².